The van der Waals surface area contributed by atoms with Crippen LogP contribution in [0.5, 0.6) is 0 Å². The molecule has 0 bridgehead atoms. The van der Waals surface area contributed by atoms with Crippen LogP contribution < -0.4 is 11.1 Å². The van der Waals surface area contributed by atoms with Crippen LogP contribution in [0.2, 0.25) is 0 Å². The first-order valence-electron chi connectivity index (χ1n) is 12.0. The van der Waals surface area contributed by atoms with Gasteiger partial charge in [-0.2, -0.15) is 13.2 Å². The van der Waals surface area contributed by atoms with Crippen molar-refractivity contribution in [2.24, 2.45) is 17.1 Å². The van der Waals surface area contributed by atoms with Crippen molar-refractivity contribution in [3.05, 3.63) is 0 Å². The van der Waals surface area contributed by atoms with Crippen LogP contribution in [-0.4, -0.2) is 60.6 Å². The molecule has 3 amide bonds. The molecular formula is C24H46F3N3O4. The highest BCUT2D eigenvalue weighted by molar-refractivity contribution is 5.79. The number of nitrogens with two attached hydrogens (primary N) is 1. The van der Waals surface area contributed by atoms with Crippen LogP contribution in [0.1, 0.15) is 87.5 Å². The third kappa shape index (κ3) is 15.9. The fraction of sp³-hybridized carbons (Fsp3) is 0.875. The van der Waals surface area contributed by atoms with Crippen LogP contribution >= 0.6 is 0 Å². The lowest BCUT2D eigenvalue weighted by molar-refractivity contribution is -0.169. The number of hydrogen-bond donors (Lipinski definition) is 2. The number of halogens is 3. The van der Waals surface area contributed by atoms with E-state index in [2.05, 4.69) is 52.6 Å². The Morgan fingerprint density at radius 3 is 1.88 bits per heavy atom. The van der Waals surface area contributed by atoms with Gasteiger partial charge in [-0.3, -0.25) is 14.4 Å². The van der Waals surface area contributed by atoms with Gasteiger partial charge in [-0.1, -0.05) is 47.5 Å². The third-order valence-electron chi connectivity index (χ3n) is 5.75. The number of amides is 3. The molecule has 2 aliphatic rings. The Bertz CT molecular complexity index is 607. The molecule has 1 saturated carbocycles. The van der Waals surface area contributed by atoms with Gasteiger partial charge in [0.2, 0.25) is 12.3 Å². The predicted molar refractivity (Wildman–Crippen MR) is 128 cm³/mol. The average Bonchev–Trinajstić information content (AvgIpc) is 3.36. The van der Waals surface area contributed by atoms with Crippen LogP contribution in [0.25, 0.3) is 0 Å². The molecule has 0 unspecified atom stereocenters. The lowest BCUT2D eigenvalue weighted by atomic mass is 9.84. The number of ether oxygens (including phenoxy) is 1. The van der Waals surface area contributed by atoms with Gasteiger partial charge < -0.3 is 20.7 Å². The Morgan fingerprint density at radius 1 is 1.18 bits per heavy atom. The van der Waals surface area contributed by atoms with Gasteiger partial charge in [0, 0.05) is 19.6 Å². The van der Waals surface area contributed by atoms with E-state index in [0.29, 0.717) is 18.7 Å². The first kappa shape index (κ1) is 34.3. The molecule has 2 atom stereocenters. The number of hydrogen-bond acceptors (Lipinski definition) is 4. The number of alkyl halides is 3. The summed E-state index contributed by atoms with van der Waals surface area (Å²) in [6.45, 7) is 19.6. The highest BCUT2D eigenvalue weighted by atomic mass is 19.4. The molecule has 2 fully saturated rings. The second kappa shape index (κ2) is 15.9. The van der Waals surface area contributed by atoms with Crippen LogP contribution in [0.4, 0.5) is 13.2 Å². The Kier molecular flexibility index (Phi) is 16.1. The number of nitrogens with zero attached hydrogens (tertiary/aromatic N) is 1. The van der Waals surface area contributed by atoms with Crippen LogP contribution in [0.3, 0.4) is 0 Å². The minimum absolute atomic E-state index is 0.0454. The molecule has 2 rings (SSSR count). The number of carbonyl (C=O) groups is 3. The van der Waals surface area contributed by atoms with Gasteiger partial charge in [-0.05, 0) is 44.9 Å². The zero-order valence-corrected chi connectivity index (χ0v) is 22.2. The van der Waals surface area contributed by atoms with E-state index >= 15 is 0 Å². The molecule has 1 heterocycles. The fourth-order valence-electron chi connectivity index (χ4n) is 2.76. The molecule has 0 aromatic heterocycles. The minimum atomic E-state index is -4.86. The SMILES string of the molecule is CCCC.CCNC=O.C[C@H](CC(=O)N1C[C@H](C)C(C)(C)C1)OC1(C)CC1.NC(=O)C(F)(F)F. The quantitative estimate of drug-likeness (QED) is 0.508. The zero-order valence-electron chi connectivity index (χ0n) is 22.2. The summed E-state index contributed by atoms with van der Waals surface area (Å²) in [5.74, 6) is -1.42. The summed E-state index contributed by atoms with van der Waals surface area (Å²) >= 11 is 0. The smallest absolute Gasteiger partial charge is 0.372 e. The second-order valence-electron chi connectivity index (χ2n) is 9.78. The van der Waals surface area contributed by atoms with Crippen molar-refractivity contribution >= 4 is 18.2 Å². The molecule has 34 heavy (non-hydrogen) atoms. The molecule has 1 aliphatic carbocycles. The van der Waals surface area contributed by atoms with Crippen molar-refractivity contribution in [2.45, 2.75) is 105 Å². The molecule has 0 aromatic carbocycles. The van der Waals surface area contributed by atoms with Crippen molar-refractivity contribution in [3.8, 4) is 0 Å². The van der Waals surface area contributed by atoms with E-state index < -0.39 is 12.1 Å². The molecular weight excluding hydrogens is 451 g/mol. The van der Waals surface area contributed by atoms with E-state index in [4.69, 9.17) is 9.53 Å². The summed E-state index contributed by atoms with van der Waals surface area (Å²) in [5.41, 5.74) is 4.12. The molecule has 3 N–H and O–H groups in total. The maximum Gasteiger partial charge on any atom is 0.470 e. The molecule has 7 nitrogen and oxygen atoms in total. The number of primary amides is 1. The van der Waals surface area contributed by atoms with Gasteiger partial charge >= 0.3 is 12.1 Å². The molecule has 0 radical (unpaired) electrons. The highest BCUT2D eigenvalue weighted by Gasteiger charge is 2.42. The summed E-state index contributed by atoms with van der Waals surface area (Å²) in [7, 11) is 0. The lowest BCUT2D eigenvalue weighted by Crippen LogP contribution is -2.33. The van der Waals surface area contributed by atoms with Gasteiger partial charge in [0.15, 0.2) is 0 Å². The molecule has 0 aromatic rings. The highest BCUT2D eigenvalue weighted by Crippen LogP contribution is 2.40. The van der Waals surface area contributed by atoms with E-state index in [9.17, 15) is 22.8 Å². The largest absolute Gasteiger partial charge is 0.470 e. The van der Waals surface area contributed by atoms with Gasteiger partial charge in [-0.25, -0.2) is 0 Å². The Morgan fingerprint density at radius 2 is 1.65 bits per heavy atom. The van der Waals surface area contributed by atoms with E-state index in [-0.39, 0.29) is 23.0 Å². The number of rotatable bonds is 7. The molecule has 10 heteroatoms. The maximum absolute atomic E-state index is 12.2. The third-order valence-corrected chi connectivity index (χ3v) is 5.75. The molecule has 1 saturated heterocycles. The molecule has 0 spiro atoms. The summed E-state index contributed by atoms with van der Waals surface area (Å²) in [6.07, 6.45) is 1.31. The minimum Gasteiger partial charge on any atom is -0.372 e. The maximum atomic E-state index is 12.2. The van der Waals surface area contributed by atoms with E-state index in [1.54, 1.807) is 0 Å². The van der Waals surface area contributed by atoms with Crippen LogP contribution in [0, 0.1) is 11.3 Å². The fourth-order valence-corrected chi connectivity index (χ4v) is 2.76. The van der Waals surface area contributed by atoms with Crippen molar-refractivity contribution in [2.75, 3.05) is 19.6 Å². The number of unbranched alkanes of at least 4 members (excludes halogenated alkanes) is 1. The standard InChI is InChI=1S/C15H27NO2.C4H10.C3H7NO.C2H2F3NO/c1-11-9-16(10-14(11,3)4)13(17)8-12(2)18-15(5)6-7-15;1-3-4-2;1-2-4-3-5;3-2(4,5)1(6)7/h11-12H,6-10H2,1-5H3;3-4H2,1-2H3;3H,2H2,1H3,(H,4,5);(H2,6,7)/t11-,12+;;;/m0.../s1. The topological polar surface area (TPSA) is 102 Å². The number of likely N-dealkylation sites (tertiary alicyclic amines) is 1. The Balaban J connectivity index is 0. The first-order valence-corrected chi connectivity index (χ1v) is 12.0. The number of carbonyl (C=O) groups excluding carboxylic acids is 3. The Labute approximate surface area is 203 Å². The van der Waals surface area contributed by atoms with Crippen molar-refractivity contribution in [1.82, 2.24) is 10.2 Å². The molecule has 1 aliphatic heterocycles. The van der Waals surface area contributed by atoms with Gasteiger partial charge in [0.25, 0.3) is 0 Å². The summed E-state index contributed by atoms with van der Waals surface area (Å²) < 4.78 is 38.0. The van der Waals surface area contributed by atoms with Crippen molar-refractivity contribution in [3.63, 3.8) is 0 Å². The predicted octanol–water partition coefficient (Wildman–Crippen LogP) is 4.43. The Hall–Kier alpha value is -1.84. The average molecular weight is 498 g/mol. The normalized spacial score (nSPS) is 20.2. The zero-order chi connectivity index (χ0) is 27.2. The molecule has 202 valence electrons. The van der Waals surface area contributed by atoms with Crippen molar-refractivity contribution in [1.29, 1.82) is 0 Å². The van der Waals surface area contributed by atoms with Gasteiger partial charge in [-0.15, -0.1) is 0 Å². The van der Waals surface area contributed by atoms with Gasteiger partial charge in [0.1, 0.15) is 0 Å². The summed E-state index contributed by atoms with van der Waals surface area (Å²) in [6, 6.07) is 0. The van der Waals surface area contributed by atoms with Gasteiger partial charge in [0.05, 0.1) is 18.1 Å². The summed E-state index contributed by atoms with van der Waals surface area (Å²) in [5, 5.41) is 2.43. The lowest BCUT2D eigenvalue weighted by Gasteiger charge is -2.23. The van der Waals surface area contributed by atoms with E-state index in [1.807, 2.05) is 18.7 Å². The van der Waals surface area contributed by atoms with Crippen molar-refractivity contribution < 1.29 is 32.3 Å². The van der Waals surface area contributed by atoms with E-state index in [1.165, 1.54) is 12.8 Å². The monoisotopic (exact) mass is 497 g/mol. The first-order chi connectivity index (χ1) is 15.5. The van der Waals surface area contributed by atoms with Crippen LogP contribution in [-0.2, 0) is 19.1 Å². The van der Waals surface area contributed by atoms with Crippen LogP contribution in [0.15, 0.2) is 0 Å². The summed E-state index contributed by atoms with van der Waals surface area (Å²) in [4.78, 5) is 32.7. The number of nitrogens with one attached hydrogen (secondary N) is 1. The second-order valence-corrected chi connectivity index (χ2v) is 9.78. The van der Waals surface area contributed by atoms with E-state index in [0.717, 1.165) is 32.5 Å².